The zero-order chi connectivity index (χ0) is 25.6. The predicted octanol–water partition coefficient (Wildman–Crippen LogP) is 4.51. The van der Waals surface area contributed by atoms with Gasteiger partial charge < -0.3 is 21.4 Å². The number of alkyl halides is 3. The molecule has 0 unspecified atom stereocenters. The number of nitrogen functional groups attached to an aromatic ring is 1. The van der Waals surface area contributed by atoms with E-state index in [2.05, 4.69) is 25.4 Å². The van der Waals surface area contributed by atoms with E-state index in [1.807, 2.05) is 31.3 Å². The van der Waals surface area contributed by atoms with E-state index in [1.165, 1.54) is 17.0 Å². The maximum absolute atomic E-state index is 12.7. The summed E-state index contributed by atoms with van der Waals surface area (Å²) < 4.78 is 39.4. The van der Waals surface area contributed by atoms with Gasteiger partial charge in [0.1, 0.15) is 18.4 Å². The number of aromatic amines is 1. The average Bonchev–Trinajstić information content (AvgIpc) is 3.39. The van der Waals surface area contributed by atoms with Crippen molar-refractivity contribution in [1.82, 2.24) is 29.9 Å². The molecule has 9 nitrogen and oxygen atoms in total. The molecule has 12 heteroatoms. The van der Waals surface area contributed by atoms with Gasteiger partial charge in [-0.3, -0.25) is 4.79 Å². The van der Waals surface area contributed by atoms with E-state index in [-0.39, 0.29) is 11.4 Å². The van der Waals surface area contributed by atoms with Crippen LogP contribution in [0.15, 0.2) is 48.9 Å². The number of nitrogens with zero attached hydrogens (tertiary/aromatic N) is 4. The normalized spacial score (nSPS) is 11.8. The van der Waals surface area contributed by atoms with Gasteiger partial charge >= 0.3 is 6.18 Å². The molecule has 0 radical (unpaired) electrons. The Hall–Kier alpha value is -4.61. The Morgan fingerprint density at radius 1 is 1.14 bits per heavy atom. The number of benzene rings is 2. The maximum Gasteiger partial charge on any atom is 0.405 e. The standard InChI is InChI=1S/C24H21F3N8O/c1-12-7-17-18(8-13(12)2)34-23(33-17)32-15-5-3-14(4-6-15)19-16(22(36)29-10-24(25,26)27)9-35-20(19)21(28)30-11-31-35/h3-9,11H,10H2,1-2H3,(H,29,36)(H2,28,30,31)(H2,32,33,34). The molecule has 0 aliphatic rings. The van der Waals surface area contributed by atoms with E-state index in [1.54, 1.807) is 24.3 Å². The van der Waals surface area contributed by atoms with Gasteiger partial charge in [-0.1, -0.05) is 12.1 Å². The van der Waals surface area contributed by atoms with Gasteiger partial charge in [-0.15, -0.1) is 0 Å². The highest BCUT2D eigenvalue weighted by Crippen LogP contribution is 2.33. The zero-order valence-electron chi connectivity index (χ0n) is 19.2. The van der Waals surface area contributed by atoms with Gasteiger partial charge in [-0.25, -0.2) is 14.5 Å². The molecule has 5 rings (SSSR count). The fraction of sp³-hybridized carbons (Fsp3) is 0.167. The van der Waals surface area contributed by atoms with E-state index >= 15 is 0 Å². The third-order valence-corrected chi connectivity index (χ3v) is 5.83. The number of hydrogen-bond donors (Lipinski definition) is 4. The second-order valence-corrected chi connectivity index (χ2v) is 8.40. The molecular formula is C24H21F3N8O. The highest BCUT2D eigenvalue weighted by molar-refractivity contribution is 6.07. The van der Waals surface area contributed by atoms with Crippen LogP contribution < -0.4 is 16.4 Å². The highest BCUT2D eigenvalue weighted by Gasteiger charge is 2.29. The number of anilines is 3. The van der Waals surface area contributed by atoms with Gasteiger partial charge in [0.05, 0.1) is 16.6 Å². The predicted molar refractivity (Wildman–Crippen MR) is 130 cm³/mol. The summed E-state index contributed by atoms with van der Waals surface area (Å²) in [6.45, 7) is 2.59. The molecule has 1 amide bonds. The van der Waals surface area contributed by atoms with E-state index in [0.717, 1.165) is 22.2 Å². The van der Waals surface area contributed by atoms with Gasteiger partial charge in [0.15, 0.2) is 5.82 Å². The Morgan fingerprint density at radius 3 is 2.58 bits per heavy atom. The van der Waals surface area contributed by atoms with Gasteiger partial charge in [0.25, 0.3) is 5.91 Å². The molecule has 0 saturated heterocycles. The molecule has 0 atom stereocenters. The van der Waals surface area contributed by atoms with Crippen LogP contribution in [0.4, 0.5) is 30.6 Å². The smallest absolute Gasteiger partial charge is 0.382 e. The minimum atomic E-state index is -4.55. The molecule has 0 spiro atoms. The Bertz CT molecular complexity index is 1560. The minimum absolute atomic E-state index is 0.00446. The summed E-state index contributed by atoms with van der Waals surface area (Å²) in [5.74, 6) is -0.255. The molecule has 184 valence electrons. The van der Waals surface area contributed by atoms with Crippen molar-refractivity contribution in [3.8, 4) is 11.1 Å². The van der Waals surface area contributed by atoms with Crippen molar-refractivity contribution in [3.05, 3.63) is 65.6 Å². The number of halogens is 3. The molecule has 5 aromatic rings. The van der Waals surface area contributed by atoms with Crippen LogP contribution in [0.25, 0.3) is 27.7 Å². The summed E-state index contributed by atoms with van der Waals surface area (Å²) in [4.78, 5) is 24.4. The lowest BCUT2D eigenvalue weighted by Gasteiger charge is -2.10. The average molecular weight is 494 g/mol. The van der Waals surface area contributed by atoms with Gasteiger partial charge in [0.2, 0.25) is 5.95 Å². The van der Waals surface area contributed by atoms with Crippen LogP contribution in [0.2, 0.25) is 0 Å². The second kappa shape index (κ2) is 8.56. The number of aromatic nitrogens is 5. The Labute approximate surface area is 202 Å². The topological polar surface area (TPSA) is 126 Å². The lowest BCUT2D eigenvalue weighted by atomic mass is 10.0. The number of rotatable bonds is 5. The van der Waals surface area contributed by atoms with Crippen molar-refractivity contribution in [2.75, 3.05) is 17.6 Å². The van der Waals surface area contributed by atoms with Crippen LogP contribution in [-0.2, 0) is 0 Å². The number of fused-ring (bicyclic) bond motifs is 2. The molecular weight excluding hydrogens is 473 g/mol. The lowest BCUT2D eigenvalue weighted by Crippen LogP contribution is -2.33. The Morgan fingerprint density at radius 2 is 1.86 bits per heavy atom. The number of hydrogen-bond acceptors (Lipinski definition) is 6. The van der Waals surface area contributed by atoms with Crippen LogP contribution in [0.5, 0.6) is 0 Å². The molecule has 0 saturated carbocycles. The van der Waals surface area contributed by atoms with Crippen LogP contribution in [0.1, 0.15) is 21.5 Å². The molecule has 0 aliphatic heterocycles. The number of amides is 1. The van der Waals surface area contributed by atoms with Crippen molar-refractivity contribution in [2.24, 2.45) is 0 Å². The number of aryl methyl sites for hydroxylation is 2. The highest BCUT2D eigenvalue weighted by atomic mass is 19.4. The number of H-pyrrole nitrogens is 1. The number of carbonyl (C=O) groups excluding carboxylic acids is 1. The number of carbonyl (C=O) groups is 1. The quantitative estimate of drug-likeness (QED) is 0.285. The van der Waals surface area contributed by atoms with E-state index in [0.29, 0.717) is 28.3 Å². The molecule has 36 heavy (non-hydrogen) atoms. The summed E-state index contributed by atoms with van der Waals surface area (Å²) in [5.41, 5.74) is 12.0. The fourth-order valence-electron chi connectivity index (χ4n) is 3.96. The zero-order valence-corrected chi connectivity index (χ0v) is 19.2. The van der Waals surface area contributed by atoms with Crippen LogP contribution >= 0.6 is 0 Å². The fourth-order valence-corrected chi connectivity index (χ4v) is 3.96. The monoisotopic (exact) mass is 494 g/mol. The largest absolute Gasteiger partial charge is 0.405 e. The first kappa shape index (κ1) is 23.1. The van der Waals surface area contributed by atoms with Gasteiger partial charge in [-0.05, 0) is 54.8 Å². The first-order chi connectivity index (χ1) is 17.1. The lowest BCUT2D eigenvalue weighted by molar-refractivity contribution is -0.123. The summed E-state index contributed by atoms with van der Waals surface area (Å²) in [6, 6.07) is 11.0. The Balaban J connectivity index is 1.48. The number of imidazole rings is 1. The van der Waals surface area contributed by atoms with Crippen LogP contribution in [0.3, 0.4) is 0 Å². The van der Waals surface area contributed by atoms with Crippen LogP contribution in [0, 0.1) is 13.8 Å². The van der Waals surface area contributed by atoms with Crippen molar-refractivity contribution in [1.29, 1.82) is 0 Å². The maximum atomic E-state index is 12.7. The van der Waals surface area contributed by atoms with Crippen molar-refractivity contribution in [2.45, 2.75) is 20.0 Å². The summed E-state index contributed by atoms with van der Waals surface area (Å²) >= 11 is 0. The number of nitrogens with two attached hydrogens (primary N) is 1. The Kier molecular flexibility index (Phi) is 5.50. The van der Waals surface area contributed by atoms with Crippen LogP contribution in [-0.4, -0.2) is 43.2 Å². The molecule has 3 aromatic heterocycles. The van der Waals surface area contributed by atoms with Gasteiger partial charge in [0, 0.05) is 17.4 Å². The molecule has 3 heterocycles. The van der Waals surface area contributed by atoms with E-state index < -0.39 is 18.6 Å². The summed E-state index contributed by atoms with van der Waals surface area (Å²) in [5, 5.41) is 9.15. The SMILES string of the molecule is Cc1cc2nc(Nc3ccc(-c4c(C(=O)NCC(F)(F)F)cn5ncnc(N)c45)cc3)[nH]c2cc1C. The van der Waals surface area contributed by atoms with E-state index in [4.69, 9.17) is 5.73 Å². The van der Waals surface area contributed by atoms with Gasteiger partial charge in [-0.2, -0.15) is 18.3 Å². The van der Waals surface area contributed by atoms with Crippen molar-refractivity contribution >= 4 is 39.9 Å². The summed E-state index contributed by atoms with van der Waals surface area (Å²) in [7, 11) is 0. The number of nitrogens with one attached hydrogen (secondary N) is 3. The molecule has 2 aromatic carbocycles. The first-order valence-corrected chi connectivity index (χ1v) is 10.9. The molecule has 0 fully saturated rings. The second-order valence-electron chi connectivity index (χ2n) is 8.40. The molecule has 5 N–H and O–H groups in total. The third kappa shape index (κ3) is 4.40. The summed E-state index contributed by atoms with van der Waals surface area (Å²) in [6.07, 6.45) is -2.01. The van der Waals surface area contributed by atoms with Crippen molar-refractivity contribution in [3.63, 3.8) is 0 Å². The molecule has 0 aliphatic carbocycles. The van der Waals surface area contributed by atoms with E-state index in [9.17, 15) is 18.0 Å². The molecule has 0 bridgehead atoms. The first-order valence-electron chi connectivity index (χ1n) is 10.9. The van der Waals surface area contributed by atoms with Crippen molar-refractivity contribution < 1.29 is 18.0 Å². The minimum Gasteiger partial charge on any atom is -0.382 e. The third-order valence-electron chi connectivity index (χ3n) is 5.83.